The van der Waals surface area contributed by atoms with E-state index in [2.05, 4.69) is 29.2 Å². The molecule has 0 spiro atoms. The molecule has 2 aliphatic heterocycles. The molecule has 2 aromatic rings. The third-order valence-electron chi connectivity index (χ3n) is 5.66. The molecule has 0 saturated carbocycles. The van der Waals surface area contributed by atoms with Crippen molar-refractivity contribution in [1.29, 1.82) is 0 Å². The first-order valence-electron chi connectivity index (χ1n) is 9.36. The summed E-state index contributed by atoms with van der Waals surface area (Å²) in [6.07, 6.45) is 2.36. The van der Waals surface area contributed by atoms with E-state index in [-0.39, 0.29) is 17.9 Å². The van der Waals surface area contributed by atoms with Crippen molar-refractivity contribution < 1.29 is 9.59 Å². The number of piperidine rings is 1. The van der Waals surface area contributed by atoms with Crippen LogP contribution in [0.5, 0.6) is 0 Å². The van der Waals surface area contributed by atoms with E-state index in [9.17, 15) is 9.59 Å². The lowest BCUT2D eigenvalue weighted by atomic mass is 9.89. The second-order valence-electron chi connectivity index (χ2n) is 7.34. The van der Waals surface area contributed by atoms with Gasteiger partial charge in [-0.25, -0.2) is 4.90 Å². The molecule has 2 amide bonds. The van der Waals surface area contributed by atoms with Crippen LogP contribution in [0.15, 0.2) is 54.6 Å². The van der Waals surface area contributed by atoms with Crippen LogP contribution in [0.3, 0.4) is 0 Å². The number of anilines is 1. The van der Waals surface area contributed by atoms with Crippen LogP contribution in [0.1, 0.15) is 36.3 Å². The first kappa shape index (κ1) is 17.0. The van der Waals surface area contributed by atoms with Crippen LogP contribution in [0.2, 0.25) is 0 Å². The Morgan fingerprint density at radius 3 is 2.19 bits per heavy atom. The maximum Gasteiger partial charge on any atom is 0.251 e. The first-order valence-corrected chi connectivity index (χ1v) is 9.36. The lowest BCUT2D eigenvalue weighted by Gasteiger charge is -2.35. The molecule has 26 heavy (non-hydrogen) atoms. The Bertz CT molecular complexity index is 793. The number of hydrogen-bond donors (Lipinski definition) is 0. The van der Waals surface area contributed by atoms with Crippen molar-refractivity contribution >= 4 is 17.5 Å². The van der Waals surface area contributed by atoms with Crippen molar-refractivity contribution in [2.45, 2.75) is 38.1 Å². The minimum Gasteiger partial charge on any atom is -0.291 e. The summed E-state index contributed by atoms with van der Waals surface area (Å²) >= 11 is 0. The zero-order chi connectivity index (χ0) is 18.1. The van der Waals surface area contributed by atoms with Gasteiger partial charge in [0.15, 0.2) is 0 Å². The Kier molecular flexibility index (Phi) is 4.60. The van der Waals surface area contributed by atoms with Gasteiger partial charge in [0, 0.05) is 0 Å². The average molecular weight is 348 g/mol. The summed E-state index contributed by atoms with van der Waals surface area (Å²) in [5.74, 6) is 0.388. The molecule has 0 radical (unpaired) electrons. The Hall–Kier alpha value is -2.46. The monoisotopic (exact) mass is 348 g/mol. The number of nitrogens with zero attached hydrogens (tertiary/aromatic N) is 2. The van der Waals surface area contributed by atoms with Crippen molar-refractivity contribution in [3.63, 3.8) is 0 Å². The van der Waals surface area contributed by atoms with Gasteiger partial charge >= 0.3 is 0 Å². The molecule has 2 aromatic carbocycles. The predicted molar refractivity (Wildman–Crippen MR) is 102 cm³/mol. The SMILES string of the molecule is Cc1ccc(N2C(=O)CC(N3CCC(c4ccccc4)CC3)C2=O)cc1. The minimum atomic E-state index is -0.305. The third kappa shape index (κ3) is 3.17. The van der Waals surface area contributed by atoms with Crippen LogP contribution in [-0.2, 0) is 9.59 Å². The number of hydrogen-bond acceptors (Lipinski definition) is 3. The van der Waals surface area contributed by atoms with Gasteiger partial charge in [-0.3, -0.25) is 14.5 Å². The molecule has 0 aliphatic carbocycles. The third-order valence-corrected chi connectivity index (χ3v) is 5.66. The van der Waals surface area contributed by atoms with Gasteiger partial charge in [-0.2, -0.15) is 0 Å². The summed E-state index contributed by atoms with van der Waals surface area (Å²) in [4.78, 5) is 29.0. The number of amides is 2. The molecule has 2 saturated heterocycles. The zero-order valence-corrected chi connectivity index (χ0v) is 15.1. The number of likely N-dealkylation sites (tertiary alicyclic amines) is 1. The fourth-order valence-electron chi connectivity index (χ4n) is 4.14. The standard InChI is InChI=1S/C22H24N2O2/c1-16-7-9-19(10-8-16)24-21(25)15-20(22(24)26)23-13-11-18(12-14-23)17-5-3-2-4-6-17/h2-10,18,20H,11-15H2,1H3. The second kappa shape index (κ2) is 7.04. The molecular weight excluding hydrogens is 324 g/mol. The number of rotatable bonds is 3. The highest BCUT2D eigenvalue weighted by molar-refractivity contribution is 6.22. The van der Waals surface area contributed by atoms with Crippen molar-refractivity contribution in [3.8, 4) is 0 Å². The molecule has 2 heterocycles. The predicted octanol–water partition coefficient (Wildman–Crippen LogP) is 3.51. The second-order valence-corrected chi connectivity index (χ2v) is 7.34. The summed E-state index contributed by atoms with van der Waals surface area (Å²) in [5.41, 5.74) is 3.18. The molecule has 0 N–H and O–H groups in total. The largest absolute Gasteiger partial charge is 0.291 e. The summed E-state index contributed by atoms with van der Waals surface area (Å²) in [7, 11) is 0. The summed E-state index contributed by atoms with van der Waals surface area (Å²) in [6, 6.07) is 17.9. The van der Waals surface area contributed by atoms with Crippen molar-refractivity contribution in [3.05, 3.63) is 65.7 Å². The molecule has 4 nitrogen and oxygen atoms in total. The van der Waals surface area contributed by atoms with Crippen LogP contribution < -0.4 is 4.90 Å². The summed E-state index contributed by atoms with van der Waals surface area (Å²) in [5, 5.41) is 0. The molecule has 0 aromatic heterocycles. The van der Waals surface area contributed by atoms with Crippen LogP contribution >= 0.6 is 0 Å². The van der Waals surface area contributed by atoms with Gasteiger partial charge in [0.1, 0.15) is 0 Å². The number of carbonyl (C=O) groups is 2. The smallest absolute Gasteiger partial charge is 0.251 e. The topological polar surface area (TPSA) is 40.6 Å². The fraction of sp³-hybridized carbons (Fsp3) is 0.364. The maximum absolute atomic E-state index is 12.9. The van der Waals surface area contributed by atoms with E-state index in [0.29, 0.717) is 18.0 Å². The van der Waals surface area contributed by atoms with Gasteiger partial charge in [0.05, 0.1) is 18.2 Å². The lowest BCUT2D eigenvalue weighted by molar-refractivity contribution is -0.123. The summed E-state index contributed by atoms with van der Waals surface area (Å²) in [6.45, 7) is 3.73. The Morgan fingerprint density at radius 2 is 1.54 bits per heavy atom. The van der Waals surface area contributed by atoms with Gasteiger partial charge in [0.25, 0.3) is 5.91 Å². The van der Waals surface area contributed by atoms with E-state index in [4.69, 9.17) is 0 Å². The van der Waals surface area contributed by atoms with E-state index in [1.807, 2.05) is 37.3 Å². The maximum atomic E-state index is 12.9. The van der Waals surface area contributed by atoms with Crippen molar-refractivity contribution in [1.82, 2.24) is 4.90 Å². The molecule has 2 fully saturated rings. The molecule has 134 valence electrons. The lowest BCUT2D eigenvalue weighted by Crippen LogP contribution is -2.45. The van der Waals surface area contributed by atoms with Crippen LogP contribution in [0.25, 0.3) is 0 Å². The summed E-state index contributed by atoms with van der Waals surface area (Å²) < 4.78 is 0. The minimum absolute atomic E-state index is 0.0722. The van der Waals surface area contributed by atoms with Gasteiger partial charge < -0.3 is 0 Å². The van der Waals surface area contributed by atoms with Gasteiger partial charge in [0.2, 0.25) is 5.91 Å². The van der Waals surface area contributed by atoms with E-state index in [0.717, 1.165) is 31.5 Å². The Morgan fingerprint density at radius 1 is 0.885 bits per heavy atom. The molecule has 1 unspecified atom stereocenters. The normalized spacial score (nSPS) is 22.2. The van der Waals surface area contributed by atoms with Crippen molar-refractivity contribution in [2.24, 2.45) is 0 Å². The van der Waals surface area contributed by atoms with Gasteiger partial charge in [-0.1, -0.05) is 48.0 Å². The number of imide groups is 1. The quantitative estimate of drug-likeness (QED) is 0.797. The van der Waals surface area contributed by atoms with E-state index >= 15 is 0 Å². The Labute approximate surface area is 154 Å². The average Bonchev–Trinajstić information content (AvgIpc) is 2.98. The highest BCUT2D eigenvalue weighted by atomic mass is 16.2. The molecular formula is C22H24N2O2. The highest BCUT2D eigenvalue weighted by Crippen LogP contribution is 2.32. The van der Waals surface area contributed by atoms with Crippen molar-refractivity contribution in [2.75, 3.05) is 18.0 Å². The molecule has 0 bridgehead atoms. The van der Waals surface area contributed by atoms with Crippen LogP contribution in [-0.4, -0.2) is 35.8 Å². The molecule has 2 aliphatic rings. The van der Waals surface area contributed by atoms with E-state index < -0.39 is 0 Å². The Balaban J connectivity index is 1.44. The number of aryl methyl sites for hydroxylation is 1. The van der Waals surface area contributed by atoms with Crippen LogP contribution in [0.4, 0.5) is 5.69 Å². The number of carbonyl (C=O) groups excluding carboxylic acids is 2. The highest BCUT2D eigenvalue weighted by Gasteiger charge is 2.43. The van der Waals surface area contributed by atoms with Gasteiger partial charge in [-0.05, 0) is 56.5 Å². The van der Waals surface area contributed by atoms with E-state index in [1.165, 1.54) is 10.5 Å². The van der Waals surface area contributed by atoms with Crippen LogP contribution in [0, 0.1) is 6.92 Å². The van der Waals surface area contributed by atoms with Gasteiger partial charge in [-0.15, -0.1) is 0 Å². The van der Waals surface area contributed by atoms with E-state index in [1.54, 1.807) is 0 Å². The molecule has 4 heteroatoms. The molecule has 1 atom stereocenters. The number of benzene rings is 2. The zero-order valence-electron chi connectivity index (χ0n) is 15.1. The fourth-order valence-corrected chi connectivity index (χ4v) is 4.14. The molecule has 4 rings (SSSR count). The first-order chi connectivity index (χ1) is 12.6.